The molecule has 20 heavy (non-hydrogen) atoms. The number of nitro groups is 1. The molecule has 0 aromatic heterocycles. The summed E-state index contributed by atoms with van der Waals surface area (Å²) in [5.41, 5.74) is -2.32. The van der Waals surface area contributed by atoms with Gasteiger partial charge in [-0.1, -0.05) is 6.92 Å². The number of rotatable bonds is 6. The van der Waals surface area contributed by atoms with Crippen LogP contribution in [0.2, 0.25) is 0 Å². The SMILES string of the molecule is CCC(CO)(CO)NC(=O)c1cc(F)ccc1[N+](=O)[O-]. The summed E-state index contributed by atoms with van der Waals surface area (Å²) in [6.45, 7) is 0.524. The first-order chi connectivity index (χ1) is 9.39. The number of benzene rings is 1. The third-order valence-corrected chi connectivity index (χ3v) is 3.06. The fraction of sp³-hybridized carbons (Fsp3) is 0.417. The molecule has 0 saturated heterocycles. The molecule has 0 fully saturated rings. The zero-order valence-corrected chi connectivity index (χ0v) is 10.8. The van der Waals surface area contributed by atoms with Crippen LogP contribution in [-0.4, -0.2) is 39.8 Å². The van der Waals surface area contributed by atoms with Crippen molar-refractivity contribution in [3.05, 3.63) is 39.7 Å². The van der Waals surface area contributed by atoms with Crippen molar-refractivity contribution in [1.82, 2.24) is 5.32 Å². The first-order valence-corrected chi connectivity index (χ1v) is 5.87. The van der Waals surface area contributed by atoms with E-state index in [9.17, 15) is 29.5 Å². The molecule has 0 spiro atoms. The molecule has 0 aliphatic rings. The topological polar surface area (TPSA) is 113 Å². The summed E-state index contributed by atoms with van der Waals surface area (Å²) in [5.74, 6) is -1.73. The van der Waals surface area contributed by atoms with Crippen LogP contribution in [0.3, 0.4) is 0 Å². The summed E-state index contributed by atoms with van der Waals surface area (Å²) in [6.07, 6.45) is 0.203. The second-order valence-corrected chi connectivity index (χ2v) is 4.32. The van der Waals surface area contributed by atoms with E-state index in [-0.39, 0.29) is 6.42 Å². The molecule has 0 heterocycles. The number of aliphatic hydroxyl groups is 2. The molecule has 8 heteroatoms. The molecule has 0 radical (unpaired) electrons. The Morgan fingerprint density at radius 2 is 2.05 bits per heavy atom. The van der Waals surface area contributed by atoms with Gasteiger partial charge in [-0.3, -0.25) is 14.9 Å². The van der Waals surface area contributed by atoms with E-state index in [2.05, 4.69) is 5.32 Å². The molecule has 0 aliphatic carbocycles. The highest BCUT2D eigenvalue weighted by Gasteiger charge is 2.31. The molecule has 1 aromatic rings. The van der Waals surface area contributed by atoms with Crippen molar-refractivity contribution < 1.29 is 24.3 Å². The number of halogens is 1. The van der Waals surface area contributed by atoms with Gasteiger partial charge in [-0.2, -0.15) is 0 Å². The highest BCUT2D eigenvalue weighted by Crippen LogP contribution is 2.21. The first kappa shape index (κ1) is 16.0. The predicted molar refractivity (Wildman–Crippen MR) is 67.7 cm³/mol. The van der Waals surface area contributed by atoms with Crippen molar-refractivity contribution in [1.29, 1.82) is 0 Å². The minimum atomic E-state index is -1.31. The average Bonchev–Trinajstić information content (AvgIpc) is 2.44. The molecule has 7 nitrogen and oxygen atoms in total. The third kappa shape index (κ3) is 3.28. The lowest BCUT2D eigenvalue weighted by molar-refractivity contribution is -0.385. The molecular formula is C12H15FN2O5. The Hall–Kier alpha value is -2.06. The van der Waals surface area contributed by atoms with Gasteiger partial charge in [-0.05, 0) is 18.6 Å². The number of carbonyl (C=O) groups is 1. The number of hydrogen-bond donors (Lipinski definition) is 3. The van der Waals surface area contributed by atoms with E-state index in [0.29, 0.717) is 0 Å². The number of nitro benzene ring substituents is 1. The summed E-state index contributed by atoms with van der Waals surface area (Å²) in [4.78, 5) is 22.0. The van der Waals surface area contributed by atoms with Gasteiger partial charge in [0.15, 0.2) is 0 Å². The standard InChI is InChI=1S/C12H15FN2O5/c1-2-12(6-16,7-17)14-11(18)9-5-8(13)3-4-10(9)15(19)20/h3-5,16-17H,2,6-7H2,1H3,(H,14,18). The summed E-state index contributed by atoms with van der Waals surface area (Å²) in [6, 6.07) is 2.50. The summed E-state index contributed by atoms with van der Waals surface area (Å²) in [7, 11) is 0. The molecular weight excluding hydrogens is 271 g/mol. The lowest BCUT2D eigenvalue weighted by atomic mass is 9.97. The van der Waals surface area contributed by atoms with Gasteiger partial charge in [0.1, 0.15) is 11.4 Å². The molecule has 0 unspecified atom stereocenters. The maximum absolute atomic E-state index is 13.1. The number of amides is 1. The monoisotopic (exact) mass is 286 g/mol. The van der Waals surface area contributed by atoms with Gasteiger partial charge in [0.05, 0.1) is 23.7 Å². The molecule has 1 amide bonds. The summed E-state index contributed by atoms with van der Waals surface area (Å²) >= 11 is 0. The second-order valence-electron chi connectivity index (χ2n) is 4.32. The molecule has 0 saturated carbocycles. The summed E-state index contributed by atoms with van der Waals surface area (Å²) in [5, 5.41) is 31.6. The van der Waals surface area contributed by atoms with Crippen molar-refractivity contribution in [2.75, 3.05) is 13.2 Å². The Kier molecular flexibility index (Phi) is 5.12. The van der Waals surface area contributed by atoms with Crippen LogP contribution >= 0.6 is 0 Å². The zero-order valence-electron chi connectivity index (χ0n) is 10.8. The van der Waals surface area contributed by atoms with Gasteiger partial charge >= 0.3 is 0 Å². The van der Waals surface area contributed by atoms with E-state index in [1.165, 1.54) is 0 Å². The number of aliphatic hydroxyl groups excluding tert-OH is 2. The fourth-order valence-electron chi connectivity index (χ4n) is 1.60. The quantitative estimate of drug-likeness (QED) is 0.523. The van der Waals surface area contributed by atoms with E-state index in [1.54, 1.807) is 6.92 Å². The van der Waals surface area contributed by atoms with Crippen LogP contribution in [0.4, 0.5) is 10.1 Å². The third-order valence-electron chi connectivity index (χ3n) is 3.06. The van der Waals surface area contributed by atoms with Crippen molar-refractivity contribution >= 4 is 11.6 Å². The van der Waals surface area contributed by atoms with Crippen LogP contribution in [0.1, 0.15) is 23.7 Å². The Labute approximate surface area is 114 Å². The van der Waals surface area contributed by atoms with Crippen LogP contribution in [0, 0.1) is 15.9 Å². The van der Waals surface area contributed by atoms with Crippen LogP contribution in [0.15, 0.2) is 18.2 Å². The van der Waals surface area contributed by atoms with Gasteiger partial charge in [-0.15, -0.1) is 0 Å². The number of carbonyl (C=O) groups excluding carboxylic acids is 1. The molecule has 1 rings (SSSR count). The van der Waals surface area contributed by atoms with E-state index in [0.717, 1.165) is 18.2 Å². The normalized spacial score (nSPS) is 11.2. The second kappa shape index (κ2) is 6.40. The summed E-state index contributed by atoms with van der Waals surface area (Å²) < 4.78 is 13.1. The predicted octanol–water partition coefficient (Wildman–Crippen LogP) is 0.597. The van der Waals surface area contributed by atoms with Crippen LogP contribution in [-0.2, 0) is 0 Å². The van der Waals surface area contributed by atoms with E-state index < -0.39 is 46.7 Å². The molecule has 3 N–H and O–H groups in total. The van der Waals surface area contributed by atoms with Gasteiger partial charge in [-0.25, -0.2) is 4.39 Å². The lowest BCUT2D eigenvalue weighted by Crippen LogP contribution is -2.53. The van der Waals surface area contributed by atoms with Crippen LogP contribution in [0.5, 0.6) is 0 Å². The number of nitrogens with one attached hydrogen (secondary N) is 1. The minimum absolute atomic E-state index is 0.203. The van der Waals surface area contributed by atoms with Crippen molar-refractivity contribution in [2.45, 2.75) is 18.9 Å². The number of nitrogens with zero attached hydrogens (tertiary/aromatic N) is 1. The van der Waals surface area contributed by atoms with Crippen molar-refractivity contribution in [3.63, 3.8) is 0 Å². The van der Waals surface area contributed by atoms with Gasteiger partial charge in [0.25, 0.3) is 11.6 Å². The Morgan fingerprint density at radius 3 is 2.50 bits per heavy atom. The largest absolute Gasteiger partial charge is 0.394 e. The van der Waals surface area contributed by atoms with Gasteiger partial charge in [0.2, 0.25) is 0 Å². The van der Waals surface area contributed by atoms with E-state index in [4.69, 9.17) is 0 Å². The van der Waals surface area contributed by atoms with Crippen molar-refractivity contribution in [3.8, 4) is 0 Å². The Morgan fingerprint density at radius 1 is 1.45 bits per heavy atom. The molecule has 0 bridgehead atoms. The lowest BCUT2D eigenvalue weighted by Gasteiger charge is -2.29. The van der Waals surface area contributed by atoms with Crippen molar-refractivity contribution in [2.24, 2.45) is 0 Å². The van der Waals surface area contributed by atoms with Gasteiger partial charge < -0.3 is 15.5 Å². The van der Waals surface area contributed by atoms with Crippen LogP contribution < -0.4 is 5.32 Å². The zero-order chi connectivity index (χ0) is 15.3. The fourth-order valence-corrected chi connectivity index (χ4v) is 1.60. The van der Waals surface area contributed by atoms with Crippen LogP contribution in [0.25, 0.3) is 0 Å². The smallest absolute Gasteiger partial charge is 0.282 e. The molecule has 110 valence electrons. The molecule has 1 aromatic carbocycles. The van der Waals surface area contributed by atoms with Gasteiger partial charge in [0, 0.05) is 6.07 Å². The van der Waals surface area contributed by atoms with E-state index >= 15 is 0 Å². The Bertz CT molecular complexity index is 508. The molecule has 0 atom stereocenters. The Balaban J connectivity index is 3.15. The average molecular weight is 286 g/mol. The highest BCUT2D eigenvalue weighted by molar-refractivity contribution is 5.98. The molecule has 0 aliphatic heterocycles. The highest BCUT2D eigenvalue weighted by atomic mass is 19.1. The first-order valence-electron chi connectivity index (χ1n) is 5.87. The maximum atomic E-state index is 13.1. The minimum Gasteiger partial charge on any atom is -0.394 e. The van der Waals surface area contributed by atoms with E-state index in [1.807, 2.05) is 0 Å². The number of hydrogen-bond acceptors (Lipinski definition) is 5. The maximum Gasteiger partial charge on any atom is 0.282 e.